The molecule has 0 radical (unpaired) electrons. The van der Waals surface area contributed by atoms with Gasteiger partial charge in [0.1, 0.15) is 0 Å². The van der Waals surface area contributed by atoms with Crippen LogP contribution in [0.25, 0.3) is 74.0 Å². The standard InChI is InChI=1S/C35H21NS2/c1-3-13-32-26(9-1)28-17-15-23(20-34(28)37-32)22-7-5-8-24(19-22)30-11-6-12-31(36-30)25-16-18-29-27-10-2-4-14-33(27)38-35(29)21-25/h1-21H. The highest BCUT2D eigenvalue weighted by Gasteiger charge is 2.10. The number of thiophene rings is 2. The molecule has 5 aromatic carbocycles. The van der Waals surface area contributed by atoms with E-state index in [1.807, 2.05) is 22.7 Å². The highest BCUT2D eigenvalue weighted by Crippen LogP contribution is 2.38. The van der Waals surface area contributed by atoms with E-state index in [2.05, 4.69) is 127 Å². The van der Waals surface area contributed by atoms with E-state index in [1.165, 1.54) is 51.5 Å². The van der Waals surface area contributed by atoms with Gasteiger partial charge in [-0.05, 0) is 53.6 Å². The summed E-state index contributed by atoms with van der Waals surface area (Å²) in [5.74, 6) is 0. The first-order chi connectivity index (χ1) is 18.8. The minimum absolute atomic E-state index is 0.990. The molecule has 0 aliphatic rings. The second-order valence-electron chi connectivity index (χ2n) is 9.61. The monoisotopic (exact) mass is 519 g/mol. The van der Waals surface area contributed by atoms with Crippen molar-refractivity contribution in [2.45, 2.75) is 0 Å². The second kappa shape index (κ2) is 8.63. The first-order valence-electron chi connectivity index (χ1n) is 12.7. The molecule has 0 saturated heterocycles. The number of nitrogens with zero attached hydrogens (tertiary/aromatic N) is 1. The van der Waals surface area contributed by atoms with Crippen molar-refractivity contribution < 1.29 is 0 Å². The first kappa shape index (κ1) is 21.7. The fourth-order valence-corrected chi connectivity index (χ4v) is 7.70. The van der Waals surface area contributed by atoms with Crippen LogP contribution < -0.4 is 0 Å². The van der Waals surface area contributed by atoms with E-state index >= 15 is 0 Å². The Morgan fingerprint density at radius 2 is 0.816 bits per heavy atom. The third-order valence-corrected chi connectivity index (χ3v) is 9.56. The van der Waals surface area contributed by atoms with Crippen molar-refractivity contribution in [3.05, 3.63) is 127 Å². The zero-order valence-corrected chi connectivity index (χ0v) is 22.0. The van der Waals surface area contributed by atoms with Crippen LogP contribution in [0.15, 0.2) is 127 Å². The van der Waals surface area contributed by atoms with E-state index in [4.69, 9.17) is 4.98 Å². The summed E-state index contributed by atoms with van der Waals surface area (Å²) in [5, 5.41) is 5.30. The van der Waals surface area contributed by atoms with Gasteiger partial charge < -0.3 is 0 Å². The number of fused-ring (bicyclic) bond motifs is 6. The third-order valence-electron chi connectivity index (χ3n) is 7.29. The van der Waals surface area contributed by atoms with Gasteiger partial charge in [0.05, 0.1) is 11.4 Å². The SMILES string of the molecule is c1cc(-c2ccc3c(c2)sc2ccccc23)cc(-c2cccc(-c3ccc4c(c3)sc3ccccc34)n2)c1. The van der Waals surface area contributed by atoms with Crippen molar-refractivity contribution in [3.8, 4) is 33.6 Å². The highest BCUT2D eigenvalue weighted by molar-refractivity contribution is 7.26. The molecule has 8 aromatic rings. The molecule has 0 N–H and O–H groups in total. The lowest BCUT2D eigenvalue weighted by Crippen LogP contribution is -1.88. The van der Waals surface area contributed by atoms with E-state index in [0.29, 0.717) is 0 Å². The van der Waals surface area contributed by atoms with Crippen LogP contribution in [0.5, 0.6) is 0 Å². The maximum atomic E-state index is 5.09. The van der Waals surface area contributed by atoms with Gasteiger partial charge in [0.2, 0.25) is 0 Å². The Labute approximate surface area is 228 Å². The molecular formula is C35H21NS2. The van der Waals surface area contributed by atoms with Crippen LogP contribution in [-0.4, -0.2) is 4.98 Å². The van der Waals surface area contributed by atoms with E-state index in [-0.39, 0.29) is 0 Å². The number of benzene rings is 5. The Bertz CT molecular complexity index is 1990. The largest absolute Gasteiger partial charge is 0.248 e. The lowest BCUT2D eigenvalue weighted by atomic mass is 10.00. The predicted octanol–water partition coefficient (Wildman–Crippen LogP) is 10.8. The van der Waals surface area contributed by atoms with Crippen LogP contribution in [0, 0.1) is 0 Å². The molecular weight excluding hydrogens is 499 g/mol. The Kier molecular flexibility index (Phi) is 4.94. The number of pyridine rings is 1. The molecule has 3 heteroatoms. The van der Waals surface area contributed by atoms with E-state index in [9.17, 15) is 0 Å². The van der Waals surface area contributed by atoms with Crippen LogP contribution in [0.2, 0.25) is 0 Å². The Hall–Kier alpha value is -4.31. The van der Waals surface area contributed by atoms with Crippen LogP contribution >= 0.6 is 22.7 Å². The van der Waals surface area contributed by atoms with Gasteiger partial charge in [-0.15, -0.1) is 22.7 Å². The molecule has 1 nitrogen and oxygen atoms in total. The molecule has 8 rings (SSSR count). The van der Waals surface area contributed by atoms with Crippen molar-refractivity contribution in [1.29, 1.82) is 0 Å². The summed E-state index contributed by atoms with van der Waals surface area (Å²) in [5.41, 5.74) is 6.71. The van der Waals surface area contributed by atoms with Gasteiger partial charge in [-0.3, -0.25) is 0 Å². The van der Waals surface area contributed by atoms with Gasteiger partial charge >= 0.3 is 0 Å². The quantitative estimate of drug-likeness (QED) is 0.226. The van der Waals surface area contributed by atoms with E-state index in [1.54, 1.807) is 0 Å². The summed E-state index contributed by atoms with van der Waals surface area (Å²) in [6.45, 7) is 0. The lowest BCUT2D eigenvalue weighted by Gasteiger charge is -2.08. The summed E-state index contributed by atoms with van der Waals surface area (Å²) >= 11 is 3.71. The zero-order valence-electron chi connectivity index (χ0n) is 20.4. The minimum atomic E-state index is 0.990. The zero-order chi connectivity index (χ0) is 25.1. The van der Waals surface area contributed by atoms with Crippen LogP contribution in [0.3, 0.4) is 0 Å². The van der Waals surface area contributed by atoms with Gasteiger partial charge in [0.15, 0.2) is 0 Å². The molecule has 0 spiro atoms. The average molecular weight is 520 g/mol. The Morgan fingerprint density at radius 1 is 0.342 bits per heavy atom. The lowest BCUT2D eigenvalue weighted by molar-refractivity contribution is 1.33. The van der Waals surface area contributed by atoms with Gasteiger partial charge in [0.25, 0.3) is 0 Å². The van der Waals surface area contributed by atoms with Crippen molar-refractivity contribution in [2.24, 2.45) is 0 Å². The minimum Gasteiger partial charge on any atom is -0.248 e. The Balaban J connectivity index is 1.18. The van der Waals surface area contributed by atoms with Gasteiger partial charge in [0, 0.05) is 51.5 Å². The number of hydrogen-bond donors (Lipinski definition) is 0. The maximum Gasteiger partial charge on any atom is 0.0710 e. The predicted molar refractivity (Wildman–Crippen MR) is 166 cm³/mol. The molecule has 0 saturated carbocycles. The molecule has 0 atom stereocenters. The fourth-order valence-electron chi connectivity index (χ4n) is 5.41. The maximum absolute atomic E-state index is 5.09. The normalized spacial score (nSPS) is 11.7. The van der Waals surface area contributed by atoms with Crippen molar-refractivity contribution in [3.63, 3.8) is 0 Å². The van der Waals surface area contributed by atoms with Crippen LogP contribution in [-0.2, 0) is 0 Å². The molecule has 0 aliphatic heterocycles. The summed E-state index contributed by atoms with van der Waals surface area (Å²) in [4.78, 5) is 5.09. The van der Waals surface area contributed by atoms with Crippen molar-refractivity contribution in [1.82, 2.24) is 4.98 Å². The number of hydrogen-bond acceptors (Lipinski definition) is 3. The molecule has 3 aromatic heterocycles. The van der Waals surface area contributed by atoms with Crippen LogP contribution in [0.4, 0.5) is 0 Å². The van der Waals surface area contributed by atoms with Gasteiger partial charge in [-0.2, -0.15) is 0 Å². The highest BCUT2D eigenvalue weighted by atomic mass is 32.1. The molecule has 178 valence electrons. The van der Waals surface area contributed by atoms with E-state index < -0.39 is 0 Å². The number of aromatic nitrogens is 1. The van der Waals surface area contributed by atoms with Crippen LogP contribution in [0.1, 0.15) is 0 Å². The second-order valence-corrected chi connectivity index (χ2v) is 11.8. The van der Waals surface area contributed by atoms with Gasteiger partial charge in [-0.1, -0.05) is 84.9 Å². The Morgan fingerprint density at radius 3 is 1.50 bits per heavy atom. The number of rotatable bonds is 3. The molecule has 3 heterocycles. The van der Waals surface area contributed by atoms with Crippen molar-refractivity contribution >= 4 is 63.0 Å². The first-order valence-corrected chi connectivity index (χ1v) is 14.3. The summed E-state index contributed by atoms with van der Waals surface area (Å²) in [6.07, 6.45) is 0. The molecule has 0 aliphatic carbocycles. The molecule has 38 heavy (non-hydrogen) atoms. The third kappa shape index (κ3) is 3.55. The molecule has 0 fully saturated rings. The topological polar surface area (TPSA) is 12.9 Å². The average Bonchev–Trinajstić information content (AvgIpc) is 3.54. The molecule has 0 bridgehead atoms. The summed E-state index contributed by atoms with van der Waals surface area (Å²) in [7, 11) is 0. The summed E-state index contributed by atoms with van der Waals surface area (Å²) < 4.78 is 5.29. The van der Waals surface area contributed by atoms with E-state index in [0.717, 1.165) is 22.5 Å². The molecule has 0 amide bonds. The molecule has 0 unspecified atom stereocenters. The summed E-state index contributed by atoms with van der Waals surface area (Å²) in [6, 6.07) is 45.9. The fraction of sp³-hybridized carbons (Fsp3) is 0. The van der Waals surface area contributed by atoms with Gasteiger partial charge in [-0.25, -0.2) is 4.98 Å². The smallest absolute Gasteiger partial charge is 0.0710 e. The van der Waals surface area contributed by atoms with Crippen molar-refractivity contribution in [2.75, 3.05) is 0 Å².